The van der Waals surface area contributed by atoms with Gasteiger partial charge in [0.25, 0.3) is 5.91 Å². The highest BCUT2D eigenvalue weighted by Crippen LogP contribution is 2.24. The van der Waals surface area contributed by atoms with E-state index in [9.17, 15) is 9.59 Å². The van der Waals surface area contributed by atoms with Crippen molar-refractivity contribution in [1.82, 2.24) is 15.1 Å². The highest BCUT2D eigenvalue weighted by molar-refractivity contribution is 7.15. The molecule has 0 saturated carbocycles. The van der Waals surface area contributed by atoms with Gasteiger partial charge in [-0.15, -0.1) is 21.5 Å². The molecule has 3 rings (SSSR count). The molecule has 2 amide bonds. The summed E-state index contributed by atoms with van der Waals surface area (Å²) in [6.45, 7) is 2.61. The molecule has 22 heavy (non-hydrogen) atoms. The normalized spacial score (nSPS) is 17.7. The number of amides is 2. The van der Waals surface area contributed by atoms with Crippen LogP contribution < -0.4 is 5.32 Å². The van der Waals surface area contributed by atoms with E-state index in [1.807, 2.05) is 18.4 Å². The molecule has 8 heteroatoms. The zero-order chi connectivity index (χ0) is 15.5. The van der Waals surface area contributed by atoms with Gasteiger partial charge in [0.05, 0.1) is 4.88 Å². The molecule has 1 aliphatic rings. The van der Waals surface area contributed by atoms with Crippen molar-refractivity contribution in [2.75, 3.05) is 11.9 Å². The molecule has 0 aromatic carbocycles. The van der Waals surface area contributed by atoms with Crippen LogP contribution in [0.3, 0.4) is 0 Å². The smallest absolute Gasteiger partial charge is 0.264 e. The van der Waals surface area contributed by atoms with Crippen LogP contribution in [0.25, 0.3) is 0 Å². The Morgan fingerprint density at radius 2 is 2.32 bits per heavy atom. The third kappa shape index (κ3) is 3.02. The summed E-state index contributed by atoms with van der Waals surface area (Å²) < 4.78 is 0. The van der Waals surface area contributed by atoms with Crippen LogP contribution in [-0.4, -0.2) is 39.5 Å². The largest absolute Gasteiger partial charge is 0.326 e. The third-order valence-electron chi connectivity index (χ3n) is 3.55. The van der Waals surface area contributed by atoms with Crippen LogP contribution in [0.15, 0.2) is 17.5 Å². The van der Waals surface area contributed by atoms with Crippen molar-refractivity contribution in [3.05, 3.63) is 27.4 Å². The summed E-state index contributed by atoms with van der Waals surface area (Å²) in [6, 6.07) is 3.21. The van der Waals surface area contributed by atoms with Crippen molar-refractivity contribution in [1.29, 1.82) is 0 Å². The Labute approximate surface area is 136 Å². The van der Waals surface area contributed by atoms with Gasteiger partial charge in [0.15, 0.2) is 0 Å². The van der Waals surface area contributed by atoms with Gasteiger partial charge in [0.1, 0.15) is 11.0 Å². The van der Waals surface area contributed by atoms with E-state index < -0.39 is 6.04 Å². The number of carbonyl (C=O) groups excluding carboxylic acids is 2. The fraction of sp³-hybridized carbons (Fsp3) is 0.429. The van der Waals surface area contributed by atoms with Gasteiger partial charge >= 0.3 is 0 Å². The number of hydrogen-bond acceptors (Lipinski definition) is 6. The molecule has 2 aromatic rings. The molecule has 3 heterocycles. The second-order valence-electron chi connectivity index (χ2n) is 4.98. The van der Waals surface area contributed by atoms with Crippen molar-refractivity contribution in [2.45, 2.75) is 32.2 Å². The minimum atomic E-state index is -0.427. The number of aromatic nitrogens is 2. The highest BCUT2D eigenvalue weighted by Gasteiger charge is 2.35. The Morgan fingerprint density at radius 3 is 3.00 bits per heavy atom. The van der Waals surface area contributed by atoms with Gasteiger partial charge in [-0.1, -0.05) is 24.3 Å². The molecule has 0 bridgehead atoms. The summed E-state index contributed by atoms with van der Waals surface area (Å²) in [5, 5.41) is 14.0. The van der Waals surface area contributed by atoms with Crippen molar-refractivity contribution >= 4 is 39.6 Å². The number of rotatable bonds is 4. The first-order valence-electron chi connectivity index (χ1n) is 7.16. The number of nitrogens with zero attached hydrogens (tertiary/aromatic N) is 3. The van der Waals surface area contributed by atoms with Crippen molar-refractivity contribution < 1.29 is 9.59 Å². The second-order valence-corrected chi connectivity index (χ2v) is 6.99. The van der Waals surface area contributed by atoms with Crippen molar-refractivity contribution in [3.63, 3.8) is 0 Å². The van der Waals surface area contributed by atoms with Gasteiger partial charge in [0, 0.05) is 6.54 Å². The topological polar surface area (TPSA) is 75.2 Å². The lowest BCUT2D eigenvalue weighted by Crippen LogP contribution is -2.42. The van der Waals surface area contributed by atoms with E-state index in [4.69, 9.17) is 0 Å². The van der Waals surface area contributed by atoms with Gasteiger partial charge in [-0.2, -0.15) is 0 Å². The Bertz CT molecular complexity index is 668. The molecule has 1 saturated heterocycles. The molecule has 0 spiro atoms. The first-order valence-corrected chi connectivity index (χ1v) is 8.86. The average molecular weight is 336 g/mol. The van der Waals surface area contributed by atoms with Gasteiger partial charge in [0.2, 0.25) is 11.0 Å². The maximum absolute atomic E-state index is 12.5. The summed E-state index contributed by atoms with van der Waals surface area (Å²) in [6.07, 6.45) is 2.31. The Balaban J connectivity index is 1.69. The molecule has 1 aliphatic heterocycles. The van der Waals surface area contributed by atoms with Crippen LogP contribution in [0.1, 0.15) is 34.4 Å². The van der Waals surface area contributed by atoms with Crippen LogP contribution in [0.4, 0.5) is 5.13 Å². The van der Waals surface area contributed by atoms with Crippen LogP contribution >= 0.6 is 22.7 Å². The van der Waals surface area contributed by atoms with E-state index >= 15 is 0 Å². The molecule has 0 aliphatic carbocycles. The molecule has 6 nitrogen and oxygen atoms in total. The van der Waals surface area contributed by atoms with Gasteiger partial charge < -0.3 is 4.90 Å². The SMILES string of the molecule is CCc1nnc(NC(=O)[C@@H]2CCCN2C(=O)c2cccs2)s1. The van der Waals surface area contributed by atoms with Gasteiger partial charge in [-0.3, -0.25) is 14.9 Å². The second kappa shape index (κ2) is 6.53. The first kappa shape index (κ1) is 15.1. The maximum atomic E-state index is 12.5. The fourth-order valence-electron chi connectivity index (χ4n) is 2.46. The highest BCUT2D eigenvalue weighted by atomic mass is 32.1. The van der Waals surface area contributed by atoms with Crippen molar-refractivity contribution in [2.24, 2.45) is 0 Å². The third-order valence-corrected chi connectivity index (χ3v) is 5.39. The lowest BCUT2D eigenvalue weighted by molar-refractivity contribution is -0.119. The molecule has 1 atom stereocenters. The Morgan fingerprint density at radius 1 is 1.45 bits per heavy atom. The Hall–Kier alpha value is -1.80. The predicted octanol–water partition coefficient (Wildman–Crippen LogP) is 2.41. The minimum absolute atomic E-state index is 0.0702. The number of likely N-dealkylation sites (tertiary alicyclic amines) is 1. The number of anilines is 1. The molecule has 116 valence electrons. The maximum Gasteiger partial charge on any atom is 0.264 e. The molecular formula is C14H16N4O2S2. The molecule has 2 aromatic heterocycles. The van der Waals surface area contributed by atoms with Crippen LogP contribution in [0.5, 0.6) is 0 Å². The molecule has 0 unspecified atom stereocenters. The number of thiophene rings is 1. The van der Waals surface area contributed by atoms with E-state index in [2.05, 4.69) is 15.5 Å². The number of aryl methyl sites for hydroxylation is 1. The quantitative estimate of drug-likeness (QED) is 0.930. The summed E-state index contributed by atoms with van der Waals surface area (Å²) in [4.78, 5) is 27.2. The van der Waals surface area contributed by atoms with Gasteiger partial charge in [-0.05, 0) is 30.7 Å². The molecule has 1 fully saturated rings. The van der Waals surface area contributed by atoms with E-state index in [-0.39, 0.29) is 11.8 Å². The molecule has 0 radical (unpaired) electrons. The summed E-state index contributed by atoms with van der Waals surface area (Å²) in [7, 11) is 0. The zero-order valence-corrected chi connectivity index (χ0v) is 13.7. The summed E-state index contributed by atoms with van der Waals surface area (Å²) >= 11 is 2.77. The molecule has 1 N–H and O–H groups in total. The summed E-state index contributed by atoms with van der Waals surface area (Å²) in [5.74, 6) is -0.250. The molecular weight excluding hydrogens is 320 g/mol. The minimum Gasteiger partial charge on any atom is -0.326 e. The Kier molecular flexibility index (Phi) is 4.49. The summed E-state index contributed by atoms with van der Waals surface area (Å²) in [5.41, 5.74) is 0. The van der Waals surface area contributed by atoms with E-state index in [1.165, 1.54) is 22.7 Å². The van der Waals surface area contributed by atoms with Crippen LogP contribution in [0.2, 0.25) is 0 Å². The average Bonchev–Trinajstić information content (AvgIpc) is 3.26. The predicted molar refractivity (Wildman–Crippen MR) is 86.3 cm³/mol. The number of hydrogen-bond donors (Lipinski definition) is 1. The van der Waals surface area contributed by atoms with Gasteiger partial charge in [-0.25, -0.2) is 0 Å². The lowest BCUT2D eigenvalue weighted by Gasteiger charge is -2.22. The first-order chi connectivity index (χ1) is 10.7. The van der Waals surface area contributed by atoms with Crippen molar-refractivity contribution in [3.8, 4) is 0 Å². The number of nitrogens with one attached hydrogen (secondary N) is 1. The number of carbonyl (C=O) groups is 2. The van der Waals surface area contributed by atoms with E-state index in [1.54, 1.807) is 11.0 Å². The van der Waals surface area contributed by atoms with E-state index in [0.29, 0.717) is 23.0 Å². The van der Waals surface area contributed by atoms with E-state index in [0.717, 1.165) is 17.8 Å². The zero-order valence-electron chi connectivity index (χ0n) is 12.1. The lowest BCUT2D eigenvalue weighted by atomic mass is 10.2. The van der Waals surface area contributed by atoms with Crippen LogP contribution in [-0.2, 0) is 11.2 Å². The fourth-order valence-corrected chi connectivity index (χ4v) is 3.82. The standard InChI is InChI=1S/C14H16N4O2S2/c1-2-11-16-17-14(22-11)15-12(19)9-5-3-7-18(9)13(20)10-6-4-8-21-10/h4,6,8-9H,2-3,5,7H2,1H3,(H,15,17,19)/t9-/m0/s1. The monoisotopic (exact) mass is 336 g/mol. The van der Waals surface area contributed by atoms with Crippen LogP contribution in [0, 0.1) is 0 Å².